The van der Waals surface area contributed by atoms with Gasteiger partial charge < -0.3 is 0 Å². The maximum absolute atomic E-state index is 2.65. The molecular weight excluding hydrogens is 140 g/mol. The van der Waals surface area contributed by atoms with Crippen LogP contribution in [-0.4, -0.2) is 21.7 Å². The van der Waals surface area contributed by atoms with E-state index in [9.17, 15) is 0 Å². The molecule has 0 spiro atoms. The van der Waals surface area contributed by atoms with Crippen molar-refractivity contribution in [3.05, 3.63) is 0 Å². The average Bonchev–Trinajstić information content (AvgIpc) is 2.51. The molecule has 2 heterocycles. The molecule has 0 nitrogen and oxygen atoms in total. The summed E-state index contributed by atoms with van der Waals surface area (Å²) >= 11 is 0. The first-order valence-electron chi connectivity index (χ1n) is 4.34. The van der Waals surface area contributed by atoms with E-state index < -0.39 is 0 Å². The molecule has 2 rings (SSSR count). The summed E-state index contributed by atoms with van der Waals surface area (Å²) in [6.45, 7) is 2.30. The second kappa shape index (κ2) is 2.30. The van der Waals surface area contributed by atoms with Gasteiger partial charge in [0.2, 0.25) is 0 Å². The molecule has 0 amide bonds. The summed E-state index contributed by atoms with van der Waals surface area (Å²) in [6.07, 6.45) is 5.72. The van der Waals surface area contributed by atoms with E-state index in [1.807, 2.05) is 4.86 Å². The summed E-state index contributed by atoms with van der Waals surface area (Å²) in [7, 11) is -0.108. The Kier molecular flexibility index (Phi) is 1.56. The van der Waals surface area contributed by atoms with Crippen molar-refractivity contribution in [1.29, 1.82) is 0 Å². The van der Waals surface area contributed by atoms with Crippen molar-refractivity contribution < 1.29 is 0 Å². The van der Waals surface area contributed by atoms with Crippen molar-refractivity contribution in [3.8, 4) is 0 Å². The summed E-state index contributed by atoms with van der Waals surface area (Å²) in [4.78, 5) is 1.95. The van der Waals surface area contributed by atoms with E-state index in [1.165, 1.54) is 31.4 Å². The smallest absolute Gasteiger partial charge is 0.00997 e. The zero-order valence-corrected chi connectivity index (χ0v) is 7.54. The van der Waals surface area contributed by atoms with Gasteiger partial charge in [-0.2, -0.15) is 0 Å². The summed E-state index contributed by atoms with van der Waals surface area (Å²) in [5, 5.41) is 2.65. The highest BCUT2D eigenvalue weighted by atomic mass is 32.2. The van der Waals surface area contributed by atoms with E-state index >= 15 is 0 Å². The van der Waals surface area contributed by atoms with E-state index in [1.54, 1.807) is 5.75 Å². The third kappa shape index (κ3) is 0.914. The van der Waals surface area contributed by atoms with Crippen LogP contribution < -0.4 is 0 Å². The molecule has 1 heteroatoms. The van der Waals surface area contributed by atoms with E-state index in [-0.39, 0.29) is 9.21 Å². The van der Waals surface area contributed by atoms with Gasteiger partial charge in [0.05, 0.1) is 0 Å². The fraction of sp³-hybridized carbons (Fsp3) is 0.778. The highest BCUT2D eigenvalue weighted by Gasteiger charge is 2.28. The molecule has 1 unspecified atom stereocenters. The molecule has 58 valence electrons. The van der Waals surface area contributed by atoms with Crippen molar-refractivity contribution >= 4 is 19.4 Å². The van der Waals surface area contributed by atoms with Gasteiger partial charge in [-0.05, 0) is 29.9 Å². The minimum Gasteiger partial charge on any atom is -0.200 e. The molecule has 0 radical (unpaired) electrons. The van der Waals surface area contributed by atoms with Crippen LogP contribution in [0.15, 0.2) is 0 Å². The molecule has 1 atom stereocenters. The van der Waals surface area contributed by atoms with E-state index in [0.29, 0.717) is 0 Å². The quantitative estimate of drug-likeness (QED) is 0.550. The monoisotopic (exact) mass is 156 g/mol. The van der Waals surface area contributed by atoms with Gasteiger partial charge in [0, 0.05) is 5.75 Å². The minimum atomic E-state index is -0.108. The molecular formula is C9H16S. The van der Waals surface area contributed by atoms with Gasteiger partial charge in [-0.1, -0.05) is 18.7 Å². The largest absolute Gasteiger partial charge is 0.200 e. The van der Waals surface area contributed by atoms with Gasteiger partial charge in [-0.25, -0.2) is 9.21 Å². The maximum Gasteiger partial charge on any atom is 0.00997 e. The Labute approximate surface area is 64.1 Å². The second-order valence-corrected chi connectivity index (χ2v) is 6.89. The molecule has 0 aliphatic carbocycles. The van der Waals surface area contributed by atoms with Crippen LogP contribution in [0.5, 0.6) is 0 Å². The van der Waals surface area contributed by atoms with Crippen LogP contribution in [0.2, 0.25) is 0 Å². The Bertz CT molecular complexity index is 252. The zero-order valence-electron chi connectivity index (χ0n) is 6.73. The molecule has 0 fully saturated rings. The maximum atomic E-state index is 2.65. The molecule has 0 N–H and O–H groups in total. The van der Waals surface area contributed by atoms with Crippen LogP contribution >= 0.6 is 9.21 Å². The van der Waals surface area contributed by atoms with Crippen molar-refractivity contribution in [1.82, 2.24) is 0 Å². The molecule has 0 aromatic carbocycles. The van der Waals surface area contributed by atoms with Gasteiger partial charge in [0.1, 0.15) is 0 Å². The van der Waals surface area contributed by atoms with Crippen molar-refractivity contribution in [2.45, 2.75) is 32.6 Å². The fourth-order valence-corrected chi connectivity index (χ4v) is 5.82. The van der Waals surface area contributed by atoms with E-state index in [4.69, 9.17) is 0 Å². The first-order valence-corrected chi connectivity index (χ1v) is 6.37. The standard InChI is InChI=1S/C9H16S/c1-2-3-6-10-7-4-5-9(10)8-10/h7H,2-6,8H2,1H3. The lowest BCUT2D eigenvalue weighted by Gasteiger charge is -1.98. The molecule has 2 aliphatic rings. The Morgan fingerprint density at radius 2 is 2.50 bits per heavy atom. The number of hydrogen-bond donors (Lipinski definition) is 0. The summed E-state index contributed by atoms with van der Waals surface area (Å²) in [6, 6.07) is 0. The van der Waals surface area contributed by atoms with Crippen LogP contribution in [0.4, 0.5) is 0 Å². The lowest BCUT2D eigenvalue weighted by molar-refractivity contribution is 0.897. The van der Waals surface area contributed by atoms with Crippen LogP contribution in [0, 0.1) is 0 Å². The van der Waals surface area contributed by atoms with E-state index in [0.717, 1.165) is 0 Å². The topological polar surface area (TPSA) is 0 Å². The SMILES string of the molecule is CCCCS12=CCCC=1C2. The molecule has 2 aliphatic heterocycles. The Morgan fingerprint density at radius 1 is 1.60 bits per heavy atom. The third-order valence-corrected chi connectivity index (χ3v) is 6.53. The van der Waals surface area contributed by atoms with Crippen LogP contribution in [0.25, 0.3) is 0 Å². The molecule has 0 saturated carbocycles. The number of rotatable bonds is 3. The van der Waals surface area contributed by atoms with E-state index in [2.05, 4.69) is 12.3 Å². The minimum absolute atomic E-state index is 0.108. The lowest BCUT2D eigenvalue weighted by atomic mass is 10.3. The molecule has 0 aromatic heterocycles. The predicted molar refractivity (Wildman–Crippen MR) is 52.5 cm³/mol. The second-order valence-electron chi connectivity index (χ2n) is 3.39. The first kappa shape index (κ1) is 6.78. The van der Waals surface area contributed by atoms with Crippen molar-refractivity contribution in [2.75, 3.05) is 11.5 Å². The Hall–Kier alpha value is 0.0900. The first-order chi connectivity index (χ1) is 4.87. The molecule has 10 heavy (non-hydrogen) atoms. The summed E-state index contributed by atoms with van der Waals surface area (Å²) < 4.78 is 0. The van der Waals surface area contributed by atoms with Gasteiger partial charge in [-0.15, -0.1) is 0 Å². The normalized spacial score (nSPS) is 35.5. The zero-order chi connectivity index (χ0) is 7.03. The highest BCUT2D eigenvalue weighted by molar-refractivity contribution is 8.37. The highest BCUT2D eigenvalue weighted by Crippen LogP contribution is 2.47. The van der Waals surface area contributed by atoms with Crippen molar-refractivity contribution in [3.63, 3.8) is 0 Å². The van der Waals surface area contributed by atoms with Crippen LogP contribution in [0.3, 0.4) is 0 Å². The average molecular weight is 156 g/mol. The van der Waals surface area contributed by atoms with Crippen LogP contribution in [-0.2, 0) is 0 Å². The fourth-order valence-electron chi connectivity index (χ4n) is 1.86. The number of hydrogen-bond acceptors (Lipinski definition) is 0. The lowest BCUT2D eigenvalue weighted by Crippen LogP contribution is -1.84. The predicted octanol–water partition coefficient (Wildman–Crippen LogP) is 2.37. The van der Waals surface area contributed by atoms with Gasteiger partial charge in [-0.3, -0.25) is 0 Å². The molecule has 0 bridgehead atoms. The molecule has 0 aromatic rings. The van der Waals surface area contributed by atoms with Crippen molar-refractivity contribution in [2.24, 2.45) is 0 Å². The third-order valence-electron chi connectivity index (χ3n) is 2.63. The van der Waals surface area contributed by atoms with Gasteiger partial charge >= 0.3 is 0 Å². The summed E-state index contributed by atoms with van der Waals surface area (Å²) in [5.41, 5.74) is 0. The molecule has 0 saturated heterocycles. The number of unbranched alkanes of at least 4 members (excludes halogenated alkanes) is 1. The summed E-state index contributed by atoms with van der Waals surface area (Å²) in [5.74, 6) is 3.08. The van der Waals surface area contributed by atoms with Gasteiger partial charge in [0.15, 0.2) is 0 Å². The van der Waals surface area contributed by atoms with Crippen LogP contribution in [0.1, 0.15) is 32.6 Å². The Morgan fingerprint density at radius 3 is 3.00 bits per heavy atom. The van der Waals surface area contributed by atoms with Gasteiger partial charge in [0.25, 0.3) is 0 Å². The Balaban J connectivity index is 2.05.